The van der Waals surface area contributed by atoms with Crippen molar-refractivity contribution in [3.63, 3.8) is 0 Å². The highest BCUT2D eigenvalue weighted by molar-refractivity contribution is 6.17. The van der Waals surface area contributed by atoms with Crippen LogP contribution in [-0.4, -0.2) is 12.9 Å². The highest BCUT2D eigenvalue weighted by Gasteiger charge is 2.07. The lowest BCUT2D eigenvalue weighted by Crippen LogP contribution is -1.97. The van der Waals surface area contributed by atoms with E-state index in [-0.39, 0.29) is 5.78 Å². The molecule has 0 aliphatic carbocycles. The maximum absolute atomic E-state index is 12.1. The fraction of sp³-hybridized carbons (Fsp3) is 0.118. The number of carbonyl (C=O) groups excluding carboxylic acids is 1. The second-order valence-corrected chi connectivity index (χ2v) is 4.54. The molecule has 0 N–H and O–H groups in total. The van der Waals surface area contributed by atoms with Gasteiger partial charge in [0.05, 0.1) is 13.0 Å². The largest absolute Gasteiger partial charge is 0.496 e. The summed E-state index contributed by atoms with van der Waals surface area (Å²) in [6, 6.07) is 15.0. The zero-order valence-electron chi connectivity index (χ0n) is 11.2. The van der Waals surface area contributed by atoms with Gasteiger partial charge in [0.15, 0.2) is 5.78 Å². The van der Waals surface area contributed by atoms with E-state index < -0.39 is 0 Å². The van der Waals surface area contributed by atoms with Gasteiger partial charge in [-0.2, -0.15) is 0 Å². The van der Waals surface area contributed by atoms with E-state index in [1.54, 1.807) is 37.5 Å². The number of ether oxygens (including phenoxy) is 1. The molecule has 0 atom stereocenters. The highest BCUT2D eigenvalue weighted by Crippen LogP contribution is 2.22. The summed E-state index contributed by atoms with van der Waals surface area (Å²) in [6.07, 6.45) is 3.36. The summed E-state index contributed by atoms with van der Waals surface area (Å²) in [5.74, 6) is 0.957. The summed E-state index contributed by atoms with van der Waals surface area (Å²) >= 11 is 5.85. The fourth-order valence-electron chi connectivity index (χ4n) is 1.87. The maximum atomic E-state index is 12.1. The summed E-state index contributed by atoms with van der Waals surface area (Å²) in [5, 5.41) is 0. The lowest BCUT2D eigenvalue weighted by molar-refractivity contribution is 0.104. The smallest absolute Gasteiger partial charge is 0.185 e. The van der Waals surface area contributed by atoms with Crippen molar-refractivity contribution in [2.45, 2.75) is 5.88 Å². The van der Waals surface area contributed by atoms with E-state index in [1.165, 1.54) is 0 Å². The predicted molar refractivity (Wildman–Crippen MR) is 82.4 cm³/mol. The van der Waals surface area contributed by atoms with Crippen molar-refractivity contribution in [2.24, 2.45) is 0 Å². The Hall–Kier alpha value is -2.06. The van der Waals surface area contributed by atoms with E-state index in [1.807, 2.05) is 30.3 Å². The average Bonchev–Trinajstić information content (AvgIpc) is 2.52. The second-order valence-electron chi connectivity index (χ2n) is 4.27. The quantitative estimate of drug-likeness (QED) is 0.464. The van der Waals surface area contributed by atoms with Gasteiger partial charge in [-0.05, 0) is 29.8 Å². The van der Waals surface area contributed by atoms with Gasteiger partial charge in [-0.3, -0.25) is 4.79 Å². The molecular formula is C17H15ClO2. The Labute approximate surface area is 123 Å². The molecule has 0 unspecified atom stereocenters. The Balaban J connectivity index is 2.19. The molecule has 2 rings (SSSR count). The molecule has 2 nitrogen and oxygen atoms in total. The van der Waals surface area contributed by atoms with Gasteiger partial charge < -0.3 is 4.74 Å². The lowest BCUT2D eigenvalue weighted by atomic mass is 10.1. The van der Waals surface area contributed by atoms with Gasteiger partial charge >= 0.3 is 0 Å². The summed E-state index contributed by atoms with van der Waals surface area (Å²) in [7, 11) is 1.59. The number of ketones is 1. The molecule has 0 aromatic heterocycles. The molecule has 0 bridgehead atoms. The summed E-state index contributed by atoms with van der Waals surface area (Å²) < 4.78 is 5.19. The van der Waals surface area contributed by atoms with Crippen LogP contribution in [0.25, 0.3) is 6.08 Å². The lowest BCUT2D eigenvalue weighted by Gasteiger charge is -2.06. The Morgan fingerprint density at radius 3 is 2.60 bits per heavy atom. The first kappa shape index (κ1) is 14.4. The molecule has 3 heteroatoms. The Kier molecular flexibility index (Phi) is 4.97. The van der Waals surface area contributed by atoms with Crippen molar-refractivity contribution in [2.75, 3.05) is 7.11 Å². The number of halogens is 1. The third-order valence-electron chi connectivity index (χ3n) is 2.94. The van der Waals surface area contributed by atoms with Crippen LogP contribution in [-0.2, 0) is 5.88 Å². The van der Waals surface area contributed by atoms with Crippen LogP contribution in [0, 0.1) is 0 Å². The molecule has 20 heavy (non-hydrogen) atoms. The van der Waals surface area contributed by atoms with E-state index in [0.717, 1.165) is 11.1 Å². The van der Waals surface area contributed by atoms with Gasteiger partial charge in [0.1, 0.15) is 5.75 Å². The summed E-state index contributed by atoms with van der Waals surface area (Å²) in [6.45, 7) is 0. The number of hydrogen-bond donors (Lipinski definition) is 0. The number of rotatable bonds is 5. The van der Waals surface area contributed by atoms with E-state index in [0.29, 0.717) is 17.2 Å². The molecule has 0 saturated carbocycles. The molecule has 0 heterocycles. The van der Waals surface area contributed by atoms with Crippen molar-refractivity contribution in [1.29, 1.82) is 0 Å². The van der Waals surface area contributed by atoms with Crippen LogP contribution >= 0.6 is 11.6 Å². The highest BCUT2D eigenvalue weighted by atomic mass is 35.5. The molecule has 0 aliphatic rings. The molecule has 0 aliphatic heterocycles. The van der Waals surface area contributed by atoms with Gasteiger partial charge in [0.25, 0.3) is 0 Å². The van der Waals surface area contributed by atoms with Crippen LogP contribution in [0.15, 0.2) is 54.6 Å². The Morgan fingerprint density at radius 2 is 1.95 bits per heavy atom. The molecule has 2 aromatic carbocycles. The standard InChI is InChI=1S/C17H15ClO2/c1-20-17-10-8-14(11-15(17)12-18)16(19)9-7-13-5-3-2-4-6-13/h2-11H,12H2,1H3/b9-7+. The fourth-order valence-corrected chi connectivity index (χ4v) is 2.08. The monoisotopic (exact) mass is 286 g/mol. The van der Waals surface area contributed by atoms with Gasteiger partial charge in [0.2, 0.25) is 0 Å². The number of hydrogen-bond acceptors (Lipinski definition) is 2. The van der Waals surface area contributed by atoms with E-state index >= 15 is 0 Å². The number of alkyl halides is 1. The van der Waals surface area contributed by atoms with Crippen LogP contribution in [0.3, 0.4) is 0 Å². The first-order valence-corrected chi connectivity index (χ1v) is 6.78. The summed E-state index contributed by atoms with van der Waals surface area (Å²) in [5.41, 5.74) is 2.41. The van der Waals surface area contributed by atoms with E-state index in [4.69, 9.17) is 16.3 Å². The normalized spacial score (nSPS) is 10.7. The number of carbonyl (C=O) groups is 1. The minimum absolute atomic E-state index is 0.0529. The molecule has 0 radical (unpaired) electrons. The molecule has 0 spiro atoms. The van der Waals surface area contributed by atoms with Crippen LogP contribution < -0.4 is 4.74 Å². The van der Waals surface area contributed by atoms with Crippen molar-refractivity contribution in [1.82, 2.24) is 0 Å². The predicted octanol–water partition coefficient (Wildman–Crippen LogP) is 4.33. The maximum Gasteiger partial charge on any atom is 0.185 e. The summed E-state index contributed by atoms with van der Waals surface area (Å²) in [4.78, 5) is 12.1. The molecule has 2 aromatic rings. The average molecular weight is 287 g/mol. The van der Waals surface area contributed by atoms with E-state index in [2.05, 4.69) is 0 Å². The Bertz CT molecular complexity index is 618. The van der Waals surface area contributed by atoms with Gasteiger partial charge in [-0.15, -0.1) is 11.6 Å². The SMILES string of the molecule is COc1ccc(C(=O)/C=C/c2ccccc2)cc1CCl. The molecule has 0 saturated heterocycles. The Morgan fingerprint density at radius 1 is 1.20 bits per heavy atom. The van der Waals surface area contributed by atoms with Crippen LogP contribution in [0.5, 0.6) is 5.75 Å². The zero-order chi connectivity index (χ0) is 14.4. The molecular weight excluding hydrogens is 272 g/mol. The first-order valence-electron chi connectivity index (χ1n) is 6.25. The van der Waals surface area contributed by atoms with Gasteiger partial charge in [0, 0.05) is 11.1 Å². The first-order chi connectivity index (χ1) is 9.74. The third-order valence-corrected chi connectivity index (χ3v) is 3.22. The van der Waals surface area contributed by atoms with Crippen LogP contribution in [0.4, 0.5) is 0 Å². The molecule has 102 valence electrons. The van der Waals surface area contributed by atoms with Crippen molar-refractivity contribution >= 4 is 23.5 Å². The number of benzene rings is 2. The number of allylic oxidation sites excluding steroid dienone is 1. The van der Waals surface area contributed by atoms with Gasteiger partial charge in [-0.1, -0.05) is 36.4 Å². The third kappa shape index (κ3) is 3.49. The van der Waals surface area contributed by atoms with Crippen molar-refractivity contribution < 1.29 is 9.53 Å². The minimum Gasteiger partial charge on any atom is -0.496 e. The molecule has 0 amide bonds. The number of methoxy groups -OCH3 is 1. The minimum atomic E-state index is -0.0529. The second kappa shape index (κ2) is 6.92. The van der Waals surface area contributed by atoms with Crippen molar-refractivity contribution in [3.8, 4) is 5.75 Å². The zero-order valence-corrected chi connectivity index (χ0v) is 11.9. The van der Waals surface area contributed by atoms with E-state index in [9.17, 15) is 4.79 Å². The van der Waals surface area contributed by atoms with Crippen LogP contribution in [0.1, 0.15) is 21.5 Å². The molecule has 0 fully saturated rings. The van der Waals surface area contributed by atoms with Crippen molar-refractivity contribution in [3.05, 3.63) is 71.3 Å². The topological polar surface area (TPSA) is 26.3 Å². The van der Waals surface area contributed by atoms with Crippen LogP contribution in [0.2, 0.25) is 0 Å². The van der Waals surface area contributed by atoms with Gasteiger partial charge in [-0.25, -0.2) is 0 Å².